The minimum atomic E-state index is -0.389. The van der Waals surface area contributed by atoms with Crippen molar-refractivity contribution in [1.82, 2.24) is 0 Å². The Morgan fingerprint density at radius 2 is 2.17 bits per heavy atom. The lowest BCUT2D eigenvalue weighted by atomic mass is 9.62. The second-order valence-electron chi connectivity index (χ2n) is 5.15. The van der Waals surface area contributed by atoms with Gasteiger partial charge in [-0.3, -0.25) is 4.79 Å². The van der Waals surface area contributed by atoms with E-state index in [1.54, 1.807) is 7.11 Å². The van der Waals surface area contributed by atoms with Gasteiger partial charge in [-0.2, -0.15) is 0 Å². The number of nitrogens with one attached hydrogen (secondary N) is 1. The van der Waals surface area contributed by atoms with E-state index < -0.39 is 0 Å². The monoisotopic (exact) mass is 248 g/mol. The molecule has 1 aliphatic rings. The standard InChI is InChI=1S/C14H20N2O2/c1-10-7-14(8-10,9-15)13(17)16-11-5-3-4-6-12(11)18-2/h3-6,10H,7-9,15H2,1-2H3,(H,16,17). The van der Waals surface area contributed by atoms with Crippen molar-refractivity contribution in [1.29, 1.82) is 0 Å². The number of hydrogen-bond donors (Lipinski definition) is 2. The molecule has 0 unspecified atom stereocenters. The van der Waals surface area contributed by atoms with Gasteiger partial charge in [-0.05, 0) is 30.9 Å². The molecule has 0 radical (unpaired) electrons. The molecule has 0 aliphatic heterocycles. The summed E-state index contributed by atoms with van der Waals surface area (Å²) in [6, 6.07) is 7.41. The SMILES string of the molecule is COc1ccccc1NC(=O)C1(CN)CC(C)C1. The smallest absolute Gasteiger partial charge is 0.231 e. The molecule has 0 heterocycles. The first-order chi connectivity index (χ1) is 8.61. The molecule has 0 saturated heterocycles. The lowest BCUT2D eigenvalue weighted by Gasteiger charge is -2.44. The molecule has 1 saturated carbocycles. The van der Waals surface area contributed by atoms with Crippen LogP contribution in [0.25, 0.3) is 0 Å². The highest BCUT2D eigenvalue weighted by Gasteiger charge is 2.47. The van der Waals surface area contributed by atoms with E-state index >= 15 is 0 Å². The van der Waals surface area contributed by atoms with E-state index in [9.17, 15) is 4.79 Å². The van der Waals surface area contributed by atoms with Crippen molar-refractivity contribution in [2.45, 2.75) is 19.8 Å². The largest absolute Gasteiger partial charge is 0.495 e. The Bertz CT molecular complexity index is 439. The molecule has 0 aromatic heterocycles. The van der Waals surface area contributed by atoms with Crippen molar-refractivity contribution in [2.24, 2.45) is 17.1 Å². The number of methoxy groups -OCH3 is 1. The van der Waals surface area contributed by atoms with E-state index in [0.29, 0.717) is 23.9 Å². The average Bonchev–Trinajstić information content (AvgIpc) is 2.35. The van der Waals surface area contributed by atoms with Gasteiger partial charge < -0.3 is 15.8 Å². The zero-order valence-electron chi connectivity index (χ0n) is 10.9. The zero-order chi connectivity index (χ0) is 13.2. The molecule has 3 N–H and O–H groups in total. The topological polar surface area (TPSA) is 64.3 Å². The molecule has 1 aliphatic carbocycles. The second kappa shape index (κ2) is 4.98. The minimum absolute atomic E-state index is 0.00704. The minimum Gasteiger partial charge on any atom is -0.495 e. The molecule has 1 amide bonds. The van der Waals surface area contributed by atoms with Crippen LogP contribution in [0.15, 0.2) is 24.3 Å². The number of anilines is 1. The van der Waals surface area contributed by atoms with Crippen molar-refractivity contribution in [3.05, 3.63) is 24.3 Å². The van der Waals surface area contributed by atoms with Gasteiger partial charge >= 0.3 is 0 Å². The van der Waals surface area contributed by atoms with E-state index in [0.717, 1.165) is 12.8 Å². The van der Waals surface area contributed by atoms with Gasteiger partial charge in [0, 0.05) is 6.54 Å². The van der Waals surface area contributed by atoms with Gasteiger partial charge in [-0.1, -0.05) is 19.1 Å². The molecular weight excluding hydrogens is 228 g/mol. The molecule has 0 spiro atoms. The van der Waals surface area contributed by atoms with Gasteiger partial charge in [0.15, 0.2) is 0 Å². The summed E-state index contributed by atoms with van der Waals surface area (Å²) in [7, 11) is 1.59. The van der Waals surface area contributed by atoms with Crippen LogP contribution in [0.4, 0.5) is 5.69 Å². The molecular formula is C14H20N2O2. The van der Waals surface area contributed by atoms with Crippen molar-refractivity contribution in [2.75, 3.05) is 19.0 Å². The Morgan fingerprint density at radius 3 is 2.72 bits per heavy atom. The fourth-order valence-electron chi connectivity index (χ4n) is 2.72. The highest BCUT2D eigenvalue weighted by Crippen LogP contribution is 2.45. The van der Waals surface area contributed by atoms with Crippen LogP contribution in [0.1, 0.15) is 19.8 Å². The van der Waals surface area contributed by atoms with Crippen LogP contribution in [-0.4, -0.2) is 19.6 Å². The van der Waals surface area contributed by atoms with Gasteiger partial charge in [-0.25, -0.2) is 0 Å². The Labute approximate surface area is 108 Å². The molecule has 98 valence electrons. The number of carbonyl (C=O) groups excluding carboxylic acids is 1. The lowest BCUT2D eigenvalue weighted by Crippen LogP contribution is -2.51. The van der Waals surface area contributed by atoms with E-state index in [1.165, 1.54) is 0 Å². The van der Waals surface area contributed by atoms with Crippen molar-refractivity contribution in [3.63, 3.8) is 0 Å². The zero-order valence-corrected chi connectivity index (χ0v) is 10.9. The molecule has 1 aromatic rings. The number of rotatable bonds is 4. The normalized spacial score (nSPS) is 26.3. The van der Waals surface area contributed by atoms with Crippen LogP contribution in [0.3, 0.4) is 0 Å². The summed E-state index contributed by atoms with van der Waals surface area (Å²) < 4.78 is 5.22. The number of para-hydroxylation sites is 2. The second-order valence-corrected chi connectivity index (χ2v) is 5.15. The first kappa shape index (κ1) is 12.9. The van der Waals surface area contributed by atoms with Crippen molar-refractivity contribution >= 4 is 11.6 Å². The summed E-state index contributed by atoms with van der Waals surface area (Å²) in [5.41, 5.74) is 6.08. The maximum Gasteiger partial charge on any atom is 0.231 e. The maximum atomic E-state index is 12.3. The number of amides is 1. The average molecular weight is 248 g/mol. The van der Waals surface area contributed by atoms with Gasteiger partial charge in [0.05, 0.1) is 18.2 Å². The summed E-state index contributed by atoms with van der Waals surface area (Å²) in [5.74, 6) is 1.26. The molecule has 2 rings (SSSR count). The third kappa shape index (κ3) is 2.20. The first-order valence-electron chi connectivity index (χ1n) is 6.26. The van der Waals surface area contributed by atoms with Crippen molar-refractivity contribution < 1.29 is 9.53 Å². The number of nitrogens with two attached hydrogens (primary N) is 1. The number of benzene rings is 1. The fraction of sp³-hybridized carbons (Fsp3) is 0.500. The maximum absolute atomic E-state index is 12.3. The Balaban J connectivity index is 2.11. The third-order valence-electron chi connectivity index (χ3n) is 3.71. The number of ether oxygens (including phenoxy) is 1. The summed E-state index contributed by atoms with van der Waals surface area (Å²) in [5, 5.41) is 2.93. The lowest BCUT2D eigenvalue weighted by molar-refractivity contribution is -0.132. The Kier molecular flexibility index (Phi) is 3.57. The number of hydrogen-bond acceptors (Lipinski definition) is 3. The molecule has 1 fully saturated rings. The third-order valence-corrected chi connectivity index (χ3v) is 3.71. The van der Waals surface area contributed by atoms with Crippen LogP contribution in [0.2, 0.25) is 0 Å². The highest BCUT2D eigenvalue weighted by molar-refractivity contribution is 5.97. The van der Waals surface area contributed by atoms with Crippen molar-refractivity contribution in [3.8, 4) is 5.75 Å². The quantitative estimate of drug-likeness (QED) is 0.856. The van der Waals surface area contributed by atoms with E-state index in [4.69, 9.17) is 10.5 Å². The van der Waals surface area contributed by atoms with E-state index in [1.807, 2.05) is 24.3 Å². The predicted molar refractivity (Wildman–Crippen MR) is 71.5 cm³/mol. The van der Waals surface area contributed by atoms with Crippen LogP contribution in [0.5, 0.6) is 5.75 Å². The summed E-state index contributed by atoms with van der Waals surface area (Å²) >= 11 is 0. The summed E-state index contributed by atoms with van der Waals surface area (Å²) in [4.78, 5) is 12.3. The number of carbonyl (C=O) groups is 1. The Hall–Kier alpha value is -1.55. The van der Waals surface area contributed by atoms with Gasteiger partial charge in [0.25, 0.3) is 0 Å². The van der Waals surface area contributed by atoms with Crippen LogP contribution < -0.4 is 15.8 Å². The molecule has 0 atom stereocenters. The van der Waals surface area contributed by atoms with Crippen LogP contribution in [0, 0.1) is 11.3 Å². The Morgan fingerprint density at radius 1 is 1.50 bits per heavy atom. The van der Waals surface area contributed by atoms with E-state index in [-0.39, 0.29) is 11.3 Å². The van der Waals surface area contributed by atoms with Gasteiger partial charge in [-0.15, -0.1) is 0 Å². The fourth-order valence-corrected chi connectivity index (χ4v) is 2.72. The molecule has 4 nitrogen and oxygen atoms in total. The van der Waals surface area contributed by atoms with Gasteiger partial charge in [0.1, 0.15) is 5.75 Å². The van der Waals surface area contributed by atoms with Gasteiger partial charge in [0.2, 0.25) is 5.91 Å². The molecule has 1 aromatic carbocycles. The molecule has 18 heavy (non-hydrogen) atoms. The highest BCUT2D eigenvalue weighted by atomic mass is 16.5. The summed E-state index contributed by atoms with van der Waals surface area (Å²) in [6.45, 7) is 2.54. The predicted octanol–water partition coefficient (Wildman–Crippen LogP) is 2.01. The first-order valence-corrected chi connectivity index (χ1v) is 6.26. The molecule has 0 bridgehead atoms. The molecule has 4 heteroatoms. The van der Waals surface area contributed by atoms with Crippen LogP contribution in [-0.2, 0) is 4.79 Å². The van der Waals surface area contributed by atoms with E-state index in [2.05, 4.69) is 12.2 Å². The summed E-state index contributed by atoms with van der Waals surface area (Å²) in [6.07, 6.45) is 1.73. The van der Waals surface area contributed by atoms with Crippen LogP contribution >= 0.6 is 0 Å².